The van der Waals surface area contributed by atoms with Crippen molar-refractivity contribution in [1.82, 2.24) is 4.90 Å². The van der Waals surface area contributed by atoms with Gasteiger partial charge in [-0.3, -0.25) is 14.4 Å². The number of hydrazone groups is 1. The van der Waals surface area contributed by atoms with E-state index in [2.05, 4.69) is 5.10 Å². The highest BCUT2D eigenvalue weighted by atomic mass is 16.5. The van der Waals surface area contributed by atoms with Gasteiger partial charge in [0.1, 0.15) is 5.71 Å². The number of anilines is 1. The lowest BCUT2D eigenvalue weighted by molar-refractivity contribution is -0.138. The molecule has 1 fully saturated rings. The number of hydrogen-bond donors (Lipinski definition) is 1. The monoisotopic (exact) mass is 359 g/mol. The van der Waals surface area contributed by atoms with E-state index in [0.717, 1.165) is 0 Å². The van der Waals surface area contributed by atoms with E-state index >= 15 is 0 Å². The molecule has 1 aromatic carbocycles. The molecule has 0 spiro atoms. The summed E-state index contributed by atoms with van der Waals surface area (Å²) in [4.78, 5) is 37.8. The third-order valence-electron chi connectivity index (χ3n) is 4.66. The number of hydrogen-bond acceptors (Lipinski definition) is 5. The average molecular weight is 359 g/mol. The molecule has 2 heterocycles. The number of aliphatic carboxylic acids is 1. The zero-order chi connectivity index (χ0) is 18.7. The Bertz CT molecular complexity index is 734. The quantitative estimate of drug-likeness (QED) is 0.853. The van der Waals surface area contributed by atoms with Crippen LogP contribution in [-0.4, -0.2) is 59.3 Å². The van der Waals surface area contributed by atoms with Crippen molar-refractivity contribution in [3.8, 4) is 0 Å². The van der Waals surface area contributed by atoms with Crippen LogP contribution in [0.1, 0.15) is 25.7 Å². The van der Waals surface area contributed by atoms with Crippen LogP contribution in [0.2, 0.25) is 0 Å². The maximum Gasteiger partial charge on any atom is 0.305 e. The zero-order valence-electron chi connectivity index (χ0n) is 14.5. The number of carbonyl (C=O) groups excluding carboxylic acids is 2. The predicted molar refractivity (Wildman–Crippen MR) is 93.8 cm³/mol. The van der Waals surface area contributed by atoms with Gasteiger partial charge in [-0.15, -0.1) is 0 Å². The summed E-state index contributed by atoms with van der Waals surface area (Å²) in [5, 5.41) is 14.6. The molecule has 0 radical (unpaired) electrons. The first kappa shape index (κ1) is 18.1. The topological polar surface area (TPSA) is 99.5 Å². The lowest BCUT2D eigenvalue weighted by atomic mass is 10.1. The van der Waals surface area contributed by atoms with Gasteiger partial charge in [-0.05, 0) is 18.6 Å². The molecule has 0 saturated carbocycles. The van der Waals surface area contributed by atoms with E-state index in [4.69, 9.17) is 9.84 Å². The van der Waals surface area contributed by atoms with Crippen molar-refractivity contribution in [1.29, 1.82) is 0 Å². The van der Waals surface area contributed by atoms with Gasteiger partial charge in [0, 0.05) is 32.5 Å². The maximum absolute atomic E-state index is 12.9. The minimum atomic E-state index is -0.962. The Balaban J connectivity index is 1.83. The molecule has 2 aliphatic heterocycles. The summed E-state index contributed by atoms with van der Waals surface area (Å²) in [5.74, 6) is -1.47. The largest absolute Gasteiger partial charge is 0.481 e. The van der Waals surface area contributed by atoms with Gasteiger partial charge in [-0.2, -0.15) is 5.10 Å². The van der Waals surface area contributed by atoms with Gasteiger partial charge in [-0.1, -0.05) is 18.2 Å². The molecule has 1 aromatic rings. The van der Waals surface area contributed by atoms with Gasteiger partial charge in [0.25, 0.3) is 5.91 Å². The van der Waals surface area contributed by atoms with Gasteiger partial charge in [0.2, 0.25) is 5.91 Å². The number of likely N-dealkylation sites (tertiary alicyclic amines) is 1. The van der Waals surface area contributed by atoms with E-state index in [1.165, 1.54) is 9.91 Å². The Morgan fingerprint density at radius 3 is 2.65 bits per heavy atom. The van der Waals surface area contributed by atoms with Gasteiger partial charge in [-0.25, -0.2) is 5.01 Å². The Hall–Kier alpha value is -2.74. The van der Waals surface area contributed by atoms with Crippen LogP contribution in [0.15, 0.2) is 35.4 Å². The molecule has 0 bridgehead atoms. The molecule has 2 aliphatic rings. The van der Waals surface area contributed by atoms with Crippen molar-refractivity contribution in [2.45, 2.75) is 37.8 Å². The Morgan fingerprint density at radius 2 is 2.00 bits per heavy atom. The molecule has 0 aliphatic carbocycles. The maximum atomic E-state index is 12.9. The molecule has 1 N–H and O–H groups in total. The highest BCUT2D eigenvalue weighted by Gasteiger charge is 2.39. The van der Waals surface area contributed by atoms with E-state index in [9.17, 15) is 14.4 Å². The van der Waals surface area contributed by atoms with Crippen LogP contribution in [0.25, 0.3) is 0 Å². The predicted octanol–water partition coefficient (Wildman–Crippen LogP) is 1.26. The second-order valence-electron chi connectivity index (χ2n) is 6.39. The van der Waals surface area contributed by atoms with E-state index in [1.807, 2.05) is 6.07 Å². The molecule has 26 heavy (non-hydrogen) atoms. The molecule has 138 valence electrons. The number of amides is 2. The van der Waals surface area contributed by atoms with Crippen LogP contribution < -0.4 is 5.01 Å². The van der Waals surface area contributed by atoms with Crippen LogP contribution in [-0.2, 0) is 19.1 Å². The van der Waals surface area contributed by atoms with Crippen molar-refractivity contribution in [3.63, 3.8) is 0 Å². The Labute approximate surface area is 151 Å². The number of methoxy groups -OCH3 is 1. The molecule has 1 saturated heterocycles. The Morgan fingerprint density at radius 1 is 1.27 bits per heavy atom. The van der Waals surface area contributed by atoms with Crippen molar-refractivity contribution in [2.75, 3.05) is 18.7 Å². The number of ether oxygens (including phenoxy) is 1. The van der Waals surface area contributed by atoms with Crippen molar-refractivity contribution in [2.24, 2.45) is 5.10 Å². The lowest BCUT2D eigenvalue weighted by Crippen LogP contribution is -2.44. The fourth-order valence-electron chi connectivity index (χ4n) is 3.33. The smallest absolute Gasteiger partial charge is 0.305 e. The van der Waals surface area contributed by atoms with Crippen LogP contribution in [0.3, 0.4) is 0 Å². The average Bonchev–Trinajstić information content (AvgIpc) is 3.04. The molecule has 3 rings (SSSR count). The van der Waals surface area contributed by atoms with Gasteiger partial charge in [0.15, 0.2) is 0 Å². The molecule has 2 unspecified atom stereocenters. The number of carboxylic acids is 1. The molecule has 8 nitrogen and oxygen atoms in total. The molecular weight excluding hydrogens is 338 g/mol. The van der Waals surface area contributed by atoms with Gasteiger partial charge < -0.3 is 14.7 Å². The van der Waals surface area contributed by atoms with Crippen LogP contribution in [0.4, 0.5) is 5.69 Å². The summed E-state index contributed by atoms with van der Waals surface area (Å²) >= 11 is 0. The number of carbonyl (C=O) groups is 3. The summed E-state index contributed by atoms with van der Waals surface area (Å²) in [6.45, 7) is 0.325. The number of para-hydroxylation sites is 1. The van der Waals surface area contributed by atoms with Crippen molar-refractivity contribution in [3.05, 3.63) is 30.3 Å². The molecule has 2 atom stereocenters. The SMILES string of the molecule is COC1CC(CC(=O)O)N(C(=O)C2=NN(c3ccccc3)C(=O)CC2)C1. The number of carboxylic acid groups (broad SMARTS) is 1. The summed E-state index contributed by atoms with van der Waals surface area (Å²) in [6.07, 6.45) is 0.572. The van der Waals surface area contributed by atoms with E-state index in [-0.39, 0.29) is 42.9 Å². The van der Waals surface area contributed by atoms with Crippen molar-refractivity contribution >= 4 is 29.2 Å². The molecule has 2 amide bonds. The summed E-state index contributed by atoms with van der Waals surface area (Å²) in [5.41, 5.74) is 0.862. The Kier molecular flexibility index (Phi) is 5.32. The van der Waals surface area contributed by atoms with Crippen molar-refractivity contribution < 1.29 is 24.2 Å². The summed E-state index contributed by atoms with van der Waals surface area (Å²) < 4.78 is 5.31. The van der Waals surface area contributed by atoms with Crippen LogP contribution in [0.5, 0.6) is 0 Å². The van der Waals surface area contributed by atoms with E-state index < -0.39 is 12.0 Å². The highest BCUT2D eigenvalue weighted by molar-refractivity contribution is 6.40. The zero-order valence-corrected chi connectivity index (χ0v) is 14.5. The summed E-state index contributed by atoms with van der Waals surface area (Å²) in [6, 6.07) is 8.48. The first-order valence-corrected chi connectivity index (χ1v) is 8.50. The number of rotatable bonds is 5. The molecular formula is C18H21N3O5. The first-order chi connectivity index (χ1) is 12.5. The highest BCUT2D eigenvalue weighted by Crippen LogP contribution is 2.25. The summed E-state index contributed by atoms with van der Waals surface area (Å²) in [7, 11) is 1.55. The van der Waals surface area contributed by atoms with E-state index in [0.29, 0.717) is 18.7 Å². The standard InChI is InChI=1S/C18H21N3O5/c1-26-14-9-13(10-17(23)24)20(11-14)18(25)15-7-8-16(22)21(19-15)12-5-3-2-4-6-12/h2-6,13-14H,7-11H2,1H3,(H,23,24). The minimum absolute atomic E-state index is 0.139. The second kappa shape index (κ2) is 7.65. The fourth-order valence-corrected chi connectivity index (χ4v) is 3.33. The van der Waals surface area contributed by atoms with Gasteiger partial charge >= 0.3 is 5.97 Å². The van der Waals surface area contributed by atoms with E-state index in [1.54, 1.807) is 31.4 Å². The minimum Gasteiger partial charge on any atom is -0.481 e. The third kappa shape index (κ3) is 3.75. The van der Waals surface area contributed by atoms with Gasteiger partial charge in [0.05, 0.1) is 18.2 Å². The number of nitrogens with zero attached hydrogens (tertiary/aromatic N) is 3. The third-order valence-corrected chi connectivity index (χ3v) is 4.66. The lowest BCUT2D eigenvalue weighted by Gasteiger charge is -2.27. The molecule has 8 heteroatoms. The van der Waals surface area contributed by atoms with Crippen LogP contribution >= 0.6 is 0 Å². The second-order valence-corrected chi connectivity index (χ2v) is 6.39. The normalized spacial score (nSPS) is 23.1. The number of benzene rings is 1. The van der Waals surface area contributed by atoms with Crippen LogP contribution in [0, 0.1) is 0 Å². The fraction of sp³-hybridized carbons (Fsp3) is 0.444. The first-order valence-electron chi connectivity index (χ1n) is 8.50. The molecule has 0 aromatic heterocycles.